The van der Waals surface area contributed by atoms with Gasteiger partial charge in [-0.15, -0.1) is 0 Å². The summed E-state index contributed by atoms with van der Waals surface area (Å²) in [5, 5.41) is 0. The summed E-state index contributed by atoms with van der Waals surface area (Å²) in [6, 6.07) is 10.3. The number of esters is 1. The van der Waals surface area contributed by atoms with E-state index in [1.807, 2.05) is 30.4 Å². The Kier molecular flexibility index (Phi) is 5.23. The van der Waals surface area contributed by atoms with Crippen molar-refractivity contribution in [2.45, 2.75) is 19.3 Å². The molecule has 1 aromatic carbocycles. The highest BCUT2D eigenvalue weighted by Crippen LogP contribution is 2.03. The van der Waals surface area contributed by atoms with Gasteiger partial charge in [-0.1, -0.05) is 42.5 Å². The van der Waals surface area contributed by atoms with E-state index >= 15 is 0 Å². The molecule has 0 unspecified atom stereocenters. The second-order valence-electron chi connectivity index (χ2n) is 3.28. The Morgan fingerprint density at radius 2 is 2.00 bits per heavy atom. The van der Waals surface area contributed by atoms with Crippen LogP contribution in [0.3, 0.4) is 0 Å². The summed E-state index contributed by atoms with van der Waals surface area (Å²) in [7, 11) is 1.40. The summed E-state index contributed by atoms with van der Waals surface area (Å²) >= 11 is 0. The van der Waals surface area contributed by atoms with Crippen LogP contribution >= 0.6 is 0 Å². The lowest BCUT2D eigenvalue weighted by atomic mass is 10.1. The van der Waals surface area contributed by atoms with Gasteiger partial charge < -0.3 is 4.74 Å². The summed E-state index contributed by atoms with van der Waals surface area (Å²) in [5.41, 5.74) is 1.32. The van der Waals surface area contributed by atoms with Crippen LogP contribution in [-0.4, -0.2) is 13.1 Å². The summed E-state index contributed by atoms with van der Waals surface area (Å²) in [6.07, 6.45) is 6.21. The van der Waals surface area contributed by atoms with Crippen molar-refractivity contribution in [2.75, 3.05) is 7.11 Å². The highest BCUT2D eigenvalue weighted by Gasteiger charge is 1.93. The maximum absolute atomic E-state index is 10.8. The third-order valence-corrected chi connectivity index (χ3v) is 2.12. The Bertz CT molecular complexity index is 315. The molecule has 0 radical (unpaired) electrons. The minimum atomic E-state index is -0.189. The van der Waals surface area contributed by atoms with Crippen LogP contribution in [0.15, 0.2) is 42.5 Å². The van der Waals surface area contributed by atoms with Crippen molar-refractivity contribution in [3.8, 4) is 0 Å². The van der Waals surface area contributed by atoms with Crippen molar-refractivity contribution in [3.63, 3.8) is 0 Å². The van der Waals surface area contributed by atoms with Gasteiger partial charge in [-0.2, -0.15) is 0 Å². The number of carbonyl (C=O) groups excluding carboxylic acids is 1. The van der Waals surface area contributed by atoms with Crippen molar-refractivity contribution in [2.24, 2.45) is 0 Å². The molecule has 0 atom stereocenters. The predicted octanol–water partition coefficient (Wildman–Crippen LogP) is 2.74. The number of allylic oxidation sites excluding steroid dienone is 1. The SMILES string of the molecule is COC(=O)C/C=C/CCc1ccccc1. The minimum Gasteiger partial charge on any atom is -0.469 e. The largest absolute Gasteiger partial charge is 0.469 e. The molecule has 1 rings (SSSR count). The molecule has 80 valence electrons. The van der Waals surface area contributed by atoms with E-state index in [0.717, 1.165) is 12.8 Å². The maximum atomic E-state index is 10.8. The third kappa shape index (κ3) is 5.01. The summed E-state index contributed by atoms with van der Waals surface area (Å²) in [5.74, 6) is -0.189. The van der Waals surface area contributed by atoms with Crippen molar-refractivity contribution in [1.29, 1.82) is 0 Å². The highest BCUT2D eigenvalue weighted by atomic mass is 16.5. The molecule has 0 saturated heterocycles. The zero-order chi connectivity index (χ0) is 10.9. The third-order valence-electron chi connectivity index (χ3n) is 2.12. The Labute approximate surface area is 90.6 Å². The molecule has 0 fully saturated rings. The Morgan fingerprint density at radius 3 is 2.67 bits per heavy atom. The number of methoxy groups -OCH3 is 1. The van der Waals surface area contributed by atoms with Crippen LogP contribution in [0.5, 0.6) is 0 Å². The zero-order valence-corrected chi connectivity index (χ0v) is 8.98. The molecule has 0 aliphatic carbocycles. The lowest BCUT2D eigenvalue weighted by Gasteiger charge is -1.96. The molecule has 0 aromatic heterocycles. The van der Waals surface area contributed by atoms with Crippen molar-refractivity contribution < 1.29 is 9.53 Å². The minimum absolute atomic E-state index is 0.189. The maximum Gasteiger partial charge on any atom is 0.309 e. The second-order valence-corrected chi connectivity index (χ2v) is 3.28. The molecule has 0 saturated carbocycles. The number of aryl methyl sites for hydroxylation is 1. The van der Waals surface area contributed by atoms with E-state index in [0.29, 0.717) is 6.42 Å². The molecule has 0 aliphatic rings. The number of benzene rings is 1. The molecule has 0 spiro atoms. The molecule has 2 nitrogen and oxygen atoms in total. The van der Waals surface area contributed by atoms with Crippen LogP contribution in [0.25, 0.3) is 0 Å². The van der Waals surface area contributed by atoms with E-state index in [2.05, 4.69) is 16.9 Å². The predicted molar refractivity (Wildman–Crippen MR) is 60.5 cm³/mol. The fourth-order valence-electron chi connectivity index (χ4n) is 1.28. The number of rotatable bonds is 5. The standard InChI is InChI=1S/C13H16O2/c1-15-13(14)11-7-3-6-10-12-8-4-2-5-9-12/h2-5,7-9H,6,10-11H2,1H3/b7-3+. The molecule has 15 heavy (non-hydrogen) atoms. The van der Waals surface area contributed by atoms with E-state index in [-0.39, 0.29) is 5.97 Å². The molecule has 1 aromatic rings. The normalized spacial score (nSPS) is 10.5. The van der Waals surface area contributed by atoms with Gasteiger partial charge in [-0.25, -0.2) is 0 Å². The molecule has 0 N–H and O–H groups in total. The lowest BCUT2D eigenvalue weighted by Crippen LogP contribution is -1.96. The van der Waals surface area contributed by atoms with Gasteiger partial charge in [0.1, 0.15) is 0 Å². The number of carbonyl (C=O) groups is 1. The first-order valence-corrected chi connectivity index (χ1v) is 5.08. The molecule has 0 bridgehead atoms. The first-order chi connectivity index (χ1) is 7.33. The topological polar surface area (TPSA) is 26.3 Å². The van der Waals surface area contributed by atoms with Gasteiger partial charge >= 0.3 is 5.97 Å². The van der Waals surface area contributed by atoms with Gasteiger partial charge in [0.15, 0.2) is 0 Å². The Hall–Kier alpha value is -1.57. The van der Waals surface area contributed by atoms with Crippen LogP contribution in [-0.2, 0) is 16.0 Å². The Balaban J connectivity index is 2.19. The fourth-order valence-corrected chi connectivity index (χ4v) is 1.28. The molecular weight excluding hydrogens is 188 g/mol. The van der Waals surface area contributed by atoms with Gasteiger partial charge in [0.2, 0.25) is 0 Å². The van der Waals surface area contributed by atoms with Gasteiger partial charge in [0.05, 0.1) is 13.5 Å². The van der Waals surface area contributed by atoms with Crippen LogP contribution in [0.1, 0.15) is 18.4 Å². The van der Waals surface area contributed by atoms with E-state index in [1.54, 1.807) is 0 Å². The van der Waals surface area contributed by atoms with Gasteiger partial charge in [-0.05, 0) is 18.4 Å². The Morgan fingerprint density at radius 1 is 1.27 bits per heavy atom. The average Bonchev–Trinajstić information content (AvgIpc) is 2.29. The van der Waals surface area contributed by atoms with Crippen LogP contribution in [0, 0.1) is 0 Å². The van der Waals surface area contributed by atoms with Gasteiger partial charge in [0, 0.05) is 0 Å². The number of hydrogen-bond donors (Lipinski definition) is 0. The van der Waals surface area contributed by atoms with Crippen LogP contribution in [0.4, 0.5) is 0 Å². The first-order valence-electron chi connectivity index (χ1n) is 5.08. The van der Waals surface area contributed by atoms with Crippen LogP contribution < -0.4 is 0 Å². The van der Waals surface area contributed by atoms with E-state index in [9.17, 15) is 4.79 Å². The van der Waals surface area contributed by atoms with Crippen molar-refractivity contribution in [1.82, 2.24) is 0 Å². The number of ether oxygens (including phenoxy) is 1. The smallest absolute Gasteiger partial charge is 0.309 e. The van der Waals surface area contributed by atoms with E-state index < -0.39 is 0 Å². The zero-order valence-electron chi connectivity index (χ0n) is 8.98. The average molecular weight is 204 g/mol. The van der Waals surface area contributed by atoms with Crippen molar-refractivity contribution >= 4 is 5.97 Å². The van der Waals surface area contributed by atoms with Crippen LogP contribution in [0.2, 0.25) is 0 Å². The molecule has 0 amide bonds. The van der Waals surface area contributed by atoms with E-state index in [1.165, 1.54) is 12.7 Å². The number of hydrogen-bond acceptors (Lipinski definition) is 2. The molecule has 0 aliphatic heterocycles. The van der Waals surface area contributed by atoms with E-state index in [4.69, 9.17) is 0 Å². The highest BCUT2D eigenvalue weighted by molar-refractivity contribution is 5.70. The van der Waals surface area contributed by atoms with Gasteiger partial charge in [-0.3, -0.25) is 4.79 Å². The lowest BCUT2D eigenvalue weighted by molar-refractivity contribution is -0.139. The summed E-state index contributed by atoms with van der Waals surface area (Å²) < 4.78 is 4.52. The monoisotopic (exact) mass is 204 g/mol. The van der Waals surface area contributed by atoms with Crippen molar-refractivity contribution in [3.05, 3.63) is 48.0 Å². The quantitative estimate of drug-likeness (QED) is 0.544. The second kappa shape index (κ2) is 6.82. The summed E-state index contributed by atoms with van der Waals surface area (Å²) in [6.45, 7) is 0. The molecule has 0 heterocycles. The first kappa shape index (κ1) is 11.5. The fraction of sp³-hybridized carbons (Fsp3) is 0.308. The van der Waals surface area contributed by atoms with Gasteiger partial charge in [0.25, 0.3) is 0 Å². The summed E-state index contributed by atoms with van der Waals surface area (Å²) in [4.78, 5) is 10.8. The molecular formula is C13H16O2. The molecule has 2 heteroatoms.